The molecule has 5 saturated heterocycles. The summed E-state index contributed by atoms with van der Waals surface area (Å²) in [6.45, 7) is 13.3. The predicted octanol–water partition coefficient (Wildman–Crippen LogP) is 7.73. The Bertz CT molecular complexity index is 3500. The first-order valence-electron chi connectivity index (χ1n) is 27.3. The molecule has 12 rings (SSSR count). The minimum absolute atomic E-state index is 0.00210. The number of amides is 2. The second-order valence-electron chi connectivity index (χ2n) is 22.6. The number of benzene rings is 3. The van der Waals surface area contributed by atoms with Gasteiger partial charge in [0.2, 0.25) is 11.8 Å². The number of phenolic OH excluding ortho intramolecular Hbond substituents is 1. The van der Waals surface area contributed by atoms with E-state index in [2.05, 4.69) is 51.4 Å². The number of rotatable bonds is 14. The van der Waals surface area contributed by atoms with Gasteiger partial charge in [-0.25, -0.2) is 13.8 Å². The lowest BCUT2D eigenvalue weighted by molar-refractivity contribution is -0.141. The number of terminal acetylenes is 1. The largest absolute Gasteiger partial charge is 0.508 e. The van der Waals surface area contributed by atoms with E-state index in [4.69, 9.17) is 20.7 Å². The number of nitrogens with zero attached hydrogens (tertiary/aromatic N) is 9. The van der Waals surface area contributed by atoms with Crippen molar-refractivity contribution in [2.75, 3.05) is 68.8 Å². The van der Waals surface area contributed by atoms with Gasteiger partial charge in [0.1, 0.15) is 47.2 Å². The summed E-state index contributed by atoms with van der Waals surface area (Å²) in [6, 6.07) is 14.8. The highest BCUT2D eigenvalue weighted by atomic mass is 32.1. The van der Waals surface area contributed by atoms with Gasteiger partial charge in [-0.15, -0.1) is 17.8 Å². The molecule has 5 fully saturated rings. The number of aliphatic hydroxyl groups is 1. The Morgan fingerprint density at radius 3 is 2.47 bits per heavy atom. The lowest BCUT2D eigenvalue weighted by Gasteiger charge is -2.54. The van der Waals surface area contributed by atoms with Crippen molar-refractivity contribution in [1.82, 2.24) is 45.5 Å². The molecule has 5 aliphatic rings. The molecule has 6 atom stereocenters. The third-order valence-corrected chi connectivity index (χ3v) is 17.9. The molecule has 4 aromatic heterocycles. The van der Waals surface area contributed by atoms with E-state index in [0.29, 0.717) is 47.8 Å². The fourth-order valence-electron chi connectivity index (χ4n) is 12.7. The number of pyridine rings is 1. The Hall–Kier alpha value is -7.31. The van der Waals surface area contributed by atoms with Gasteiger partial charge in [-0.3, -0.25) is 19.5 Å². The fourth-order valence-corrected chi connectivity index (χ4v) is 13.5. The van der Waals surface area contributed by atoms with Crippen LogP contribution in [0.4, 0.5) is 20.4 Å². The van der Waals surface area contributed by atoms with Gasteiger partial charge in [0.25, 0.3) is 0 Å². The summed E-state index contributed by atoms with van der Waals surface area (Å²) in [6.07, 6.45) is 10.6. The number of β-amino-alcohol motifs (C(OH)–C–C–N with tert-alkyl or cyclic N) is 1. The lowest BCUT2D eigenvalue weighted by atomic mass is 9.72. The van der Waals surface area contributed by atoms with Crippen LogP contribution in [0.3, 0.4) is 0 Å². The van der Waals surface area contributed by atoms with Crippen LogP contribution in [0.1, 0.15) is 87.4 Å². The van der Waals surface area contributed by atoms with Crippen LogP contribution in [-0.2, 0) is 9.59 Å². The summed E-state index contributed by atoms with van der Waals surface area (Å²) < 4.78 is 44.4. The number of ether oxygens (including phenoxy) is 1. The summed E-state index contributed by atoms with van der Waals surface area (Å²) in [4.78, 5) is 56.0. The predicted molar refractivity (Wildman–Crippen MR) is 297 cm³/mol. The number of carbonyl (C=O) groups excluding carboxylic acids is 2. The number of aromatic hydroxyl groups is 1. The number of aromatic nitrogens is 5. The summed E-state index contributed by atoms with van der Waals surface area (Å²) in [5.74, 6) is 0.978. The first-order chi connectivity index (χ1) is 38.1. The quantitative estimate of drug-likeness (QED) is 0.0772. The van der Waals surface area contributed by atoms with Crippen LogP contribution in [0.15, 0.2) is 70.8 Å². The summed E-state index contributed by atoms with van der Waals surface area (Å²) in [7, 11) is 0. The number of likely N-dealkylation sites (tertiary alicyclic amines) is 2. The minimum Gasteiger partial charge on any atom is -0.508 e. The Kier molecular flexibility index (Phi) is 14.0. The SMILES string of the molecule is C#Cc1c(F)ccc2cc(O)cc(-c3ncc4c(N5CC6CCC(C5)N6)nc(OCCN5CCC6(CC5)CN(c5cc(C(C(=O)N7C[C@H](O)C[C@H]7C(=O)NC(C)c7ccc(-c8scnc8C)cc7)C(C)C)on5)C6)nc4c3F)c12. The van der Waals surface area contributed by atoms with Gasteiger partial charge in [-0.2, -0.15) is 9.97 Å². The topological polar surface area (TPSA) is 198 Å². The monoisotopic (exact) mass is 1090 g/mol. The van der Waals surface area contributed by atoms with Crippen molar-refractivity contribution < 1.29 is 37.8 Å². The van der Waals surface area contributed by atoms with Gasteiger partial charge in [-0.1, -0.05) is 55.3 Å². The first kappa shape index (κ1) is 52.4. The number of halogens is 2. The van der Waals surface area contributed by atoms with E-state index >= 15 is 8.78 Å². The van der Waals surface area contributed by atoms with Crippen LogP contribution < -0.4 is 25.2 Å². The summed E-state index contributed by atoms with van der Waals surface area (Å²) in [5.41, 5.74) is 4.82. The Morgan fingerprint density at radius 1 is 1.00 bits per heavy atom. The molecule has 20 heteroatoms. The van der Waals surface area contributed by atoms with E-state index in [1.54, 1.807) is 11.3 Å². The summed E-state index contributed by atoms with van der Waals surface area (Å²) in [5, 5.41) is 33.8. The zero-order valence-electron chi connectivity index (χ0n) is 44.6. The lowest BCUT2D eigenvalue weighted by Crippen LogP contribution is -2.60. The molecule has 3 aromatic carbocycles. The number of aryl methyl sites for hydroxylation is 1. The van der Waals surface area contributed by atoms with Crippen LogP contribution in [0.2, 0.25) is 0 Å². The van der Waals surface area contributed by atoms with E-state index in [1.165, 1.54) is 35.4 Å². The van der Waals surface area contributed by atoms with E-state index in [9.17, 15) is 19.8 Å². The van der Waals surface area contributed by atoms with Crippen molar-refractivity contribution in [2.24, 2.45) is 11.3 Å². The van der Waals surface area contributed by atoms with Gasteiger partial charge >= 0.3 is 6.01 Å². The number of fused-ring (bicyclic) bond motifs is 4. The van der Waals surface area contributed by atoms with Crippen molar-refractivity contribution in [2.45, 2.75) is 96.0 Å². The number of hydrogen-bond donors (Lipinski definition) is 4. The molecule has 5 aliphatic heterocycles. The number of nitrogens with one attached hydrogen (secondary N) is 2. The molecule has 17 nitrogen and oxygen atoms in total. The fraction of sp³-hybridized carbons (Fsp3) is 0.441. The Labute approximate surface area is 460 Å². The van der Waals surface area contributed by atoms with Crippen molar-refractivity contribution in [3.8, 4) is 45.8 Å². The maximum absolute atomic E-state index is 17.1. The molecule has 2 bridgehead atoms. The normalized spacial score (nSPS) is 21.7. The maximum Gasteiger partial charge on any atom is 0.319 e. The Balaban J connectivity index is 0.679. The minimum atomic E-state index is -0.840. The second-order valence-corrected chi connectivity index (χ2v) is 23.4. The molecule has 79 heavy (non-hydrogen) atoms. The molecule has 9 heterocycles. The van der Waals surface area contributed by atoms with Crippen LogP contribution in [0.25, 0.3) is 43.4 Å². The molecule has 0 radical (unpaired) electrons. The van der Waals surface area contributed by atoms with Gasteiger partial charge in [0.15, 0.2) is 17.4 Å². The molecule has 1 spiro atoms. The number of aliphatic hydroxyl groups excluding tert-OH is 1. The highest BCUT2D eigenvalue weighted by Gasteiger charge is 2.47. The highest BCUT2D eigenvalue weighted by Crippen LogP contribution is 2.44. The molecule has 2 amide bonds. The Morgan fingerprint density at radius 2 is 1.76 bits per heavy atom. The molecule has 0 saturated carbocycles. The highest BCUT2D eigenvalue weighted by molar-refractivity contribution is 7.13. The van der Waals surface area contributed by atoms with E-state index in [-0.39, 0.29) is 100 Å². The van der Waals surface area contributed by atoms with E-state index < -0.39 is 29.7 Å². The number of phenols is 1. The average molecular weight is 1090 g/mol. The molecular weight excluding hydrogens is 1030 g/mol. The summed E-state index contributed by atoms with van der Waals surface area (Å²) >= 11 is 1.58. The van der Waals surface area contributed by atoms with E-state index in [1.807, 2.05) is 63.5 Å². The average Bonchev–Trinajstić information content (AvgIpc) is 4.39. The molecule has 4 unspecified atom stereocenters. The first-order valence-corrected chi connectivity index (χ1v) is 28.2. The molecule has 4 N–H and O–H groups in total. The zero-order chi connectivity index (χ0) is 54.9. The standard InChI is InChI=1S/C59H63F2N11O6S/c1-6-42-45(60)14-11-37-21-40(73)22-43(50(37)42)52-51(61)53-44(25-62-52)55(70-26-38-12-13-39(27-70)65-38)67-58(66-53)77-20-19-69-17-15-59(16-18-69)29-71(30-59)48-24-47(78-68-48)49(32(2)3)57(76)72-28-41(74)23-46(72)56(75)64-33(4)35-7-9-36(10-8-35)54-34(5)63-31-79-54/h1,7-11,14,21-22,24-25,31-33,38-39,41,46,49,65,73-74H,12-13,15-20,23,26-30H2,2-5H3,(H,64,75)/t33?,38?,39?,41-,46+,49?/m1/s1. The molecule has 410 valence electrons. The number of piperidine rings is 1. The van der Waals surface area contributed by atoms with Crippen LogP contribution in [0, 0.1) is 42.2 Å². The van der Waals surface area contributed by atoms with Gasteiger partial charge in [0.05, 0.1) is 39.2 Å². The number of anilines is 2. The van der Waals surface area contributed by atoms with Crippen LogP contribution >= 0.6 is 11.3 Å². The number of thiazole rings is 1. The van der Waals surface area contributed by atoms with Gasteiger partial charge in [-0.05, 0) is 93.3 Å². The van der Waals surface area contributed by atoms with Gasteiger partial charge in [0, 0.05) is 86.4 Å². The number of hydrogen-bond acceptors (Lipinski definition) is 16. The second kappa shape index (κ2) is 21.1. The van der Waals surface area contributed by atoms with Crippen LogP contribution in [-0.4, -0.2) is 140 Å². The third kappa shape index (κ3) is 9.99. The molecule has 0 aliphatic carbocycles. The van der Waals surface area contributed by atoms with Crippen LogP contribution in [0.5, 0.6) is 11.8 Å². The van der Waals surface area contributed by atoms with E-state index in [0.717, 1.165) is 73.6 Å². The zero-order valence-corrected chi connectivity index (χ0v) is 45.4. The molecule has 7 aromatic rings. The van der Waals surface area contributed by atoms with Gasteiger partial charge < -0.3 is 44.8 Å². The smallest absolute Gasteiger partial charge is 0.319 e. The number of piperazine rings is 1. The third-order valence-electron chi connectivity index (χ3n) is 16.9. The number of carbonyl (C=O) groups is 2. The van der Waals surface area contributed by atoms with Crippen molar-refractivity contribution in [1.29, 1.82) is 0 Å². The molecular formula is C59H63F2N11O6S. The van der Waals surface area contributed by atoms with Crippen molar-refractivity contribution in [3.63, 3.8) is 0 Å². The maximum atomic E-state index is 17.1. The van der Waals surface area contributed by atoms with Crippen molar-refractivity contribution >= 4 is 56.5 Å². The van der Waals surface area contributed by atoms with Crippen molar-refractivity contribution in [3.05, 3.63) is 101 Å².